The number of hydrogen-bond donors (Lipinski definition) is 5. The number of Topliss-reactive ketones (excluding diaryl/α,β-unsaturated/α-hetero) is 1. The van der Waals surface area contributed by atoms with Crippen LogP contribution in [0.15, 0.2) is 12.2 Å². The van der Waals surface area contributed by atoms with Crippen molar-refractivity contribution in [3.63, 3.8) is 0 Å². The predicted molar refractivity (Wildman–Crippen MR) is 118 cm³/mol. The second-order valence-electron chi connectivity index (χ2n) is 7.85. The Morgan fingerprint density at radius 3 is 2.13 bits per heavy atom. The molecule has 6 N–H and O–H groups in total. The summed E-state index contributed by atoms with van der Waals surface area (Å²) < 4.78 is 0. The third-order valence-corrected chi connectivity index (χ3v) is 4.28. The summed E-state index contributed by atoms with van der Waals surface area (Å²) in [6.07, 6.45) is 0.729. The van der Waals surface area contributed by atoms with Crippen molar-refractivity contribution in [3.05, 3.63) is 12.2 Å². The van der Waals surface area contributed by atoms with Gasteiger partial charge in [0.15, 0.2) is 0 Å². The van der Waals surface area contributed by atoms with E-state index in [-0.39, 0.29) is 55.0 Å². The molecular weight excluding hydrogens is 386 g/mol. The van der Waals surface area contributed by atoms with Crippen LogP contribution in [0.3, 0.4) is 0 Å². The summed E-state index contributed by atoms with van der Waals surface area (Å²) in [7, 11) is 0. The van der Waals surface area contributed by atoms with Crippen LogP contribution in [0.2, 0.25) is 0 Å². The van der Waals surface area contributed by atoms with Crippen LogP contribution in [0.4, 0.5) is 0 Å². The summed E-state index contributed by atoms with van der Waals surface area (Å²) in [5.74, 6) is -1.10. The molecule has 0 saturated heterocycles. The monoisotopic (exact) mass is 425 g/mol. The number of nitrogens with two attached hydrogens (primary N) is 1. The molecule has 0 aliphatic rings. The topological polar surface area (TPSA) is 142 Å². The van der Waals surface area contributed by atoms with E-state index in [0.29, 0.717) is 32.0 Å². The minimum absolute atomic E-state index is 0.0723. The average molecular weight is 426 g/mol. The summed E-state index contributed by atoms with van der Waals surface area (Å²) in [5, 5.41) is 11.2. The van der Waals surface area contributed by atoms with Crippen molar-refractivity contribution >= 4 is 23.5 Å². The van der Waals surface area contributed by atoms with Crippen LogP contribution in [0.25, 0.3) is 0 Å². The van der Waals surface area contributed by atoms with E-state index in [9.17, 15) is 19.2 Å². The van der Waals surface area contributed by atoms with E-state index in [1.165, 1.54) is 0 Å². The molecule has 3 amide bonds. The zero-order valence-electron chi connectivity index (χ0n) is 18.8. The lowest BCUT2D eigenvalue weighted by Crippen LogP contribution is -2.49. The van der Waals surface area contributed by atoms with Gasteiger partial charge >= 0.3 is 0 Å². The number of amides is 3. The lowest BCUT2D eigenvalue weighted by Gasteiger charge is -2.21. The number of carbonyl (C=O) groups is 4. The first-order valence-corrected chi connectivity index (χ1v) is 10.6. The lowest BCUT2D eigenvalue weighted by molar-refractivity contribution is -0.128. The van der Waals surface area contributed by atoms with Crippen LogP contribution in [-0.4, -0.2) is 61.8 Å². The maximum absolute atomic E-state index is 12.4. The second kappa shape index (κ2) is 15.6. The Balaban J connectivity index is 4.72. The third kappa shape index (κ3) is 13.1. The number of rotatable bonds is 16. The summed E-state index contributed by atoms with van der Waals surface area (Å²) in [6.45, 7) is 13.0. The molecule has 0 aromatic carbocycles. The van der Waals surface area contributed by atoms with Gasteiger partial charge in [-0.15, -0.1) is 0 Å². The number of hydrogen-bond acceptors (Lipinski definition) is 6. The highest BCUT2D eigenvalue weighted by Crippen LogP contribution is 2.08. The molecule has 0 rings (SSSR count). The molecule has 0 aliphatic carbocycles. The molecule has 0 aromatic heterocycles. The van der Waals surface area contributed by atoms with Gasteiger partial charge in [-0.1, -0.05) is 34.3 Å². The fourth-order valence-corrected chi connectivity index (χ4v) is 2.53. The molecule has 0 radical (unpaired) electrons. The average Bonchev–Trinajstić information content (AvgIpc) is 2.67. The van der Waals surface area contributed by atoms with Crippen LogP contribution in [-0.2, 0) is 19.2 Å². The first-order valence-electron chi connectivity index (χ1n) is 10.6. The normalized spacial score (nSPS) is 11.8. The van der Waals surface area contributed by atoms with Crippen molar-refractivity contribution in [2.75, 3.05) is 26.2 Å². The lowest BCUT2D eigenvalue weighted by atomic mass is 10.0. The van der Waals surface area contributed by atoms with Gasteiger partial charge in [0.2, 0.25) is 17.7 Å². The first kappa shape index (κ1) is 27.7. The van der Waals surface area contributed by atoms with Gasteiger partial charge in [0, 0.05) is 57.4 Å². The largest absolute Gasteiger partial charge is 0.355 e. The highest BCUT2D eigenvalue weighted by molar-refractivity contribution is 5.92. The highest BCUT2D eigenvalue weighted by Gasteiger charge is 2.25. The van der Waals surface area contributed by atoms with Crippen molar-refractivity contribution in [1.29, 1.82) is 0 Å². The van der Waals surface area contributed by atoms with Crippen LogP contribution in [0.1, 0.15) is 53.4 Å². The van der Waals surface area contributed by atoms with Crippen LogP contribution >= 0.6 is 0 Å². The molecule has 0 bridgehead atoms. The Hall–Kier alpha value is -2.26. The number of ketones is 1. The Kier molecular flexibility index (Phi) is 14.4. The Morgan fingerprint density at radius 2 is 1.57 bits per heavy atom. The summed E-state index contributed by atoms with van der Waals surface area (Å²) in [4.78, 5) is 48.5. The zero-order chi connectivity index (χ0) is 23.1. The smallest absolute Gasteiger partial charge is 0.246 e. The number of carbonyl (C=O) groups excluding carboxylic acids is 4. The van der Waals surface area contributed by atoms with Crippen molar-refractivity contribution in [2.24, 2.45) is 11.7 Å². The summed E-state index contributed by atoms with van der Waals surface area (Å²) >= 11 is 0. The van der Waals surface area contributed by atoms with Crippen molar-refractivity contribution in [2.45, 2.75) is 65.5 Å². The molecule has 0 aromatic rings. The molecule has 9 heteroatoms. The second-order valence-corrected chi connectivity index (χ2v) is 7.85. The molecule has 0 aliphatic heterocycles. The molecule has 0 saturated carbocycles. The maximum atomic E-state index is 12.4. The maximum Gasteiger partial charge on any atom is 0.246 e. The van der Waals surface area contributed by atoms with Crippen molar-refractivity contribution < 1.29 is 19.2 Å². The van der Waals surface area contributed by atoms with E-state index < -0.39 is 11.9 Å². The third-order valence-electron chi connectivity index (χ3n) is 4.28. The van der Waals surface area contributed by atoms with E-state index in [4.69, 9.17) is 5.73 Å². The predicted octanol–water partition coefficient (Wildman–Crippen LogP) is 0.00200. The minimum Gasteiger partial charge on any atom is -0.355 e. The molecule has 0 spiro atoms. The van der Waals surface area contributed by atoms with Gasteiger partial charge in [-0.3, -0.25) is 19.2 Å². The van der Waals surface area contributed by atoms with Crippen LogP contribution in [0.5, 0.6) is 0 Å². The molecule has 9 nitrogen and oxygen atoms in total. The van der Waals surface area contributed by atoms with E-state index in [1.807, 2.05) is 27.7 Å². The van der Waals surface area contributed by atoms with Gasteiger partial charge in [0.1, 0.15) is 11.8 Å². The molecule has 0 heterocycles. The Bertz CT molecular complexity index is 590. The fourth-order valence-electron chi connectivity index (χ4n) is 2.53. The van der Waals surface area contributed by atoms with E-state index in [1.54, 1.807) is 0 Å². The van der Waals surface area contributed by atoms with E-state index in [0.717, 1.165) is 0 Å². The SMILES string of the molecule is C=C(CC(=O)NCCNC(C)C)[C@H](NC(=O)CCCC(=O)C(C)C)C(=O)NCCN. The highest BCUT2D eigenvalue weighted by atomic mass is 16.2. The zero-order valence-corrected chi connectivity index (χ0v) is 18.8. The summed E-state index contributed by atoms with van der Waals surface area (Å²) in [6, 6.07) is -0.720. The Morgan fingerprint density at radius 1 is 0.900 bits per heavy atom. The van der Waals surface area contributed by atoms with Gasteiger partial charge in [-0.25, -0.2) is 0 Å². The molecular formula is C21H39N5O4. The molecule has 0 unspecified atom stereocenters. The van der Waals surface area contributed by atoms with Gasteiger partial charge in [0.05, 0.1) is 0 Å². The minimum atomic E-state index is -1.04. The molecule has 30 heavy (non-hydrogen) atoms. The standard InChI is InChI=1S/C21H39N5O4/c1-14(2)17(27)7-6-8-18(28)26-20(21(30)25-10-9-22)16(5)13-19(29)24-12-11-23-15(3)4/h14-15,20,23H,5-13,22H2,1-4H3,(H,24,29)(H,25,30)(H,26,28)/t20-/m0/s1. The number of nitrogens with one attached hydrogen (secondary N) is 4. The Labute approximate surface area is 180 Å². The van der Waals surface area contributed by atoms with E-state index >= 15 is 0 Å². The van der Waals surface area contributed by atoms with Gasteiger partial charge in [-0.05, 0) is 12.0 Å². The van der Waals surface area contributed by atoms with Crippen LogP contribution in [0, 0.1) is 5.92 Å². The quantitative estimate of drug-likeness (QED) is 0.174. The van der Waals surface area contributed by atoms with Crippen LogP contribution < -0.4 is 27.0 Å². The van der Waals surface area contributed by atoms with Gasteiger partial charge < -0.3 is 27.0 Å². The summed E-state index contributed by atoms with van der Waals surface area (Å²) in [5.41, 5.74) is 5.70. The molecule has 172 valence electrons. The van der Waals surface area contributed by atoms with Gasteiger partial charge in [-0.2, -0.15) is 0 Å². The van der Waals surface area contributed by atoms with Crippen molar-refractivity contribution in [1.82, 2.24) is 21.3 Å². The first-order chi connectivity index (χ1) is 14.1. The molecule has 1 atom stereocenters. The van der Waals surface area contributed by atoms with Gasteiger partial charge in [0.25, 0.3) is 0 Å². The van der Waals surface area contributed by atoms with Crippen molar-refractivity contribution in [3.8, 4) is 0 Å². The van der Waals surface area contributed by atoms with E-state index in [2.05, 4.69) is 27.8 Å². The molecule has 0 fully saturated rings. The fraction of sp³-hybridized carbons (Fsp3) is 0.714.